The van der Waals surface area contributed by atoms with E-state index in [1.54, 1.807) is 6.92 Å². The summed E-state index contributed by atoms with van der Waals surface area (Å²) in [5.41, 5.74) is 0.426. The molecule has 0 aromatic rings. The number of hydrogen-bond acceptors (Lipinski definition) is 2. The lowest BCUT2D eigenvalue weighted by Crippen LogP contribution is -2.04. The van der Waals surface area contributed by atoms with Crippen LogP contribution in [0.2, 0.25) is 0 Å². The summed E-state index contributed by atoms with van der Waals surface area (Å²) in [4.78, 5) is 11.0. The Morgan fingerprint density at radius 3 is 2.83 bits per heavy atom. The van der Waals surface area contributed by atoms with Crippen LogP contribution in [0.25, 0.3) is 0 Å². The van der Waals surface area contributed by atoms with E-state index in [0.29, 0.717) is 11.3 Å². The molecule has 0 heterocycles. The molecule has 1 rings (SSSR count). The highest BCUT2D eigenvalue weighted by atomic mass is 16.5. The van der Waals surface area contributed by atoms with Crippen molar-refractivity contribution in [3.8, 4) is 0 Å². The first-order valence-corrected chi connectivity index (χ1v) is 3.94. The molecule has 0 aromatic heterocycles. The fraction of sp³-hybridized carbons (Fsp3) is 0.300. The van der Waals surface area contributed by atoms with E-state index in [4.69, 9.17) is 4.74 Å². The molecule has 12 heavy (non-hydrogen) atoms. The van der Waals surface area contributed by atoms with Crippen molar-refractivity contribution in [1.29, 1.82) is 0 Å². The zero-order chi connectivity index (χ0) is 8.97. The zero-order valence-electron chi connectivity index (χ0n) is 7.17. The van der Waals surface area contributed by atoms with Gasteiger partial charge in [0.05, 0.1) is 0 Å². The van der Waals surface area contributed by atoms with Crippen molar-refractivity contribution in [2.24, 2.45) is 0 Å². The van der Waals surface area contributed by atoms with E-state index < -0.39 is 0 Å². The molecule has 0 N–H and O–H groups in total. The van der Waals surface area contributed by atoms with E-state index >= 15 is 0 Å². The van der Waals surface area contributed by atoms with Crippen molar-refractivity contribution in [3.63, 3.8) is 0 Å². The van der Waals surface area contributed by atoms with Crippen LogP contribution in [0.3, 0.4) is 0 Å². The summed E-state index contributed by atoms with van der Waals surface area (Å²) >= 11 is 0. The highest BCUT2D eigenvalue weighted by molar-refractivity contribution is 5.87. The molecule has 1 aliphatic rings. The van der Waals surface area contributed by atoms with Gasteiger partial charge in [-0.15, -0.1) is 0 Å². The van der Waals surface area contributed by atoms with E-state index in [0.717, 1.165) is 12.8 Å². The Kier molecular flexibility index (Phi) is 2.86. The summed E-state index contributed by atoms with van der Waals surface area (Å²) in [5, 5.41) is 0. The van der Waals surface area contributed by atoms with E-state index in [2.05, 4.69) is 6.58 Å². The van der Waals surface area contributed by atoms with Crippen molar-refractivity contribution in [1.82, 2.24) is 0 Å². The van der Waals surface area contributed by atoms with Crippen LogP contribution in [0.1, 0.15) is 19.8 Å². The molecule has 0 fully saturated rings. The Hall–Kier alpha value is -1.31. The Bertz CT molecular complexity index is 259. The second-order valence-electron chi connectivity index (χ2n) is 2.76. The van der Waals surface area contributed by atoms with Gasteiger partial charge in [0.2, 0.25) is 0 Å². The van der Waals surface area contributed by atoms with Crippen LogP contribution in [-0.4, -0.2) is 5.97 Å². The third-order valence-electron chi connectivity index (χ3n) is 1.52. The average molecular weight is 164 g/mol. The molecule has 0 bridgehead atoms. The summed E-state index contributed by atoms with van der Waals surface area (Å²) in [6, 6.07) is 0. The standard InChI is InChI=1S/C10H12O2/c1-8(2)10(11)12-9-6-4-3-5-7-9/h4,6-7H,1,3,5H2,2H3. The van der Waals surface area contributed by atoms with Crippen LogP contribution in [0.5, 0.6) is 0 Å². The van der Waals surface area contributed by atoms with Gasteiger partial charge in [-0.3, -0.25) is 0 Å². The Labute approximate surface area is 72.2 Å². The fourth-order valence-corrected chi connectivity index (χ4v) is 0.859. The van der Waals surface area contributed by atoms with Gasteiger partial charge < -0.3 is 4.74 Å². The molecular formula is C10H12O2. The van der Waals surface area contributed by atoms with Gasteiger partial charge in [0.25, 0.3) is 0 Å². The number of rotatable bonds is 2. The Morgan fingerprint density at radius 2 is 2.33 bits per heavy atom. The molecule has 0 radical (unpaired) electrons. The summed E-state index contributed by atoms with van der Waals surface area (Å²) < 4.78 is 4.99. The Balaban J connectivity index is 2.51. The minimum Gasteiger partial charge on any atom is -0.424 e. The number of ether oxygens (including phenoxy) is 1. The second kappa shape index (κ2) is 3.90. The number of carbonyl (C=O) groups is 1. The number of esters is 1. The topological polar surface area (TPSA) is 26.3 Å². The second-order valence-corrected chi connectivity index (χ2v) is 2.76. The molecule has 0 aromatic carbocycles. The van der Waals surface area contributed by atoms with Crippen molar-refractivity contribution < 1.29 is 9.53 Å². The van der Waals surface area contributed by atoms with Crippen molar-refractivity contribution in [2.45, 2.75) is 19.8 Å². The minimum atomic E-state index is -0.354. The Morgan fingerprint density at radius 1 is 1.58 bits per heavy atom. The van der Waals surface area contributed by atoms with Gasteiger partial charge in [-0.1, -0.05) is 12.7 Å². The summed E-state index contributed by atoms with van der Waals surface area (Å²) in [6.07, 6.45) is 7.66. The lowest BCUT2D eigenvalue weighted by molar-refractivity contribution is -0.134. The number of carbonyl (C=O) groups excluding carboxylic acids is 1. The smallest absolute Gasteiger partial charge is 0.338 e. The van der Waals surface area contributed by atoms with E-state index in [1.165, 1.54) is 0 Å². The molecule has 0 atom stereocenters. The van der Waals surface area contributed by atoms with Gasteiger partial charge in [0.1, 0.15) is 5.76 Å². The first kappa shape index (κ1) is 8.78. The molecule has 0 unspecified atom stereocenters. The number of allylic oxidation sites excluding steroid dienone is 3. The van der Waals surface area contributed by atoms with Gasteiger partial charge >= 0.3 is 5.97 Å². The molecule has 2 heteroatoms. The first-order valence-electron chi connectivity index (χ1n) is 3.94. The van der Waals surface area contributed by atoms with Crippen LogP contribution in [0, 0.1) is 0 Å². The highest BCUT2D eigenvalue weighted by Gasteiger charge is 2.06. The maximum atomic E-state index is 11.0. The van der Waals surface area contributed by atoms with E-state index in [-0.39, 0.29) is 5.97 Å². The molecule has 0 spiro atoms. The van der Waals surface area contributed by atoms with Crippen molar-refractivity contribution in [2.75, 3.05) is 0 Å². The molecule has 0 aliphatic heterocycles. The summed E-state index contributed by atoms with van der Waals surface area (Å²) in [5.74, 6) is 0.280. The van der Waals surface area contributed by atoms with Gasteiger partial charge in [-0.2, -0.15) is 0 Å². The first-order chi connectivity index (χ1) is 5.70. The van der Waals surface area contributed by atoms with Gasteiger partial charge in [0.15, 0.2) is 0 Å². The van der Waals surface area contributed by atoms with Crippen LogP contribution < -0.4 is 0 Å². The van der Waals surface area contributed by atoms with Crippen molar-refractivity contribution >= 4 is 5.97 Å². The maximum Gasteiger partial charge on any atom is 0.338 e. The van der Waals surface area contributed by atoms with Gasteiger partial charge in [0, 0.05) is 5.57 Å². The molecule has 64 valence electrons. The lowest BCUT2D eigenvalue weighted by Gasteiger charge is -2.06. The normalized spacial score (nSPS) is 15.2. The van der Waals surface area contributed by atoms with Crippen LogP contribution >= 0.6 is 0 Å². The fourth-order valence-electron chi connectivity index (χ4n) is 0.859. The predicted molar refractivity (Wildman–Crippen MR) is 47.4 cm³/mol. The van der Waals surface area contributed by atoms with E-state index in [9.17, 15) is 4.79 Å². The predicted octanol–water partition coefficient (Wildman–Crippen LogP) is 2.34. The van der Waals surface area contributed by atoms with Gasteiger partial charge in [-0.25, -0.2) is 4.79 Å². The average Bonchev–Trinajstić information content (AvgIpc) is 2.06. The molecule has 0 amide bonds. The van der Waals surface area contributed by atoms with E-state index in [1.807, 2.05) is 18.2 Å². The molecule has 0 saturated heterocycles. The molecule has 0 saturated carbocycles. The largest absolute Gasteiger partial charge is 0.424 e. The van der Waals surface area contributed by atoms with Crippen molar-refractivity contribution in [3.05, 3.63) is 36.1 Å². The number of hydrogen-bond donors (Lipinski definition) is 0. The highest BCUT2D eigenvalue weighted by Crippen LogP contribution is 2.11. The minimum absolute atomic E-state index is 0.354. The van der Waals surface area contributed by atoms with Crippen LogP contribution in [0.15, 0.2) is 36.1 Å². The van der Waals surface area contributed by atoms with Crippen LogP contribution in [0.4, 0.5) is 0 Å². The van der Waals surface area contributed by atoms with Gasteiger partial charge in [-0.05, 0) is 31.9 Å². The molecular weight excluding hydrogens is 152 g/mol. The summed E-state index contributed by atoms with van der Waals surface area (Å²) in [7, 11) is 0. The maximum absolute atomic E-state index is 11.0. The molecule has 2 nitrogen and oxygen atoms in total. The van der Waals surface area contributed by atoms with Crippen LogP contribution in [-0.2, 0) is 9.53 Å². The molecule has 1 aliphatic carbocycles. The summed E-state index contributed by atoms with van der Waals surface area (Å²) in [6.45, 7) is 5.13. The SMILES string of the molecule is C=C(C)C(=O)OC1=CCCC=C1. The monoisotopic (exact) mass is 164 g/mol. The third kappa shape index (κ3) is 2.38. The quantitative estimate of drug-likeness (QED) is 0.462. The zero-order valence-corrected chi connectivity index (χ0v) is 7.17. The third-order valence-corrected chi connectivity index (χ3v) is 1.52. The lowest BCUT2D eigenvalue weighted by atomic mass is 10.2.